The molecular weight excluding hydrogens is 246 g/mol. The number of phenolic OH excluding ortho intramolecular Hbond substituents is 1. The Bertz CT molecular complexity index is 469. The third-order valence-electron chi connectivity index (χ3n) is 2.79. The van der Waals surface area contributed by atoms with E-state index in [-0.39, 0.29) is 30.2 Å². The normalized spacial score (nSPS) is 10.5. The molecule has 5 heteroatoms. The number of rotatable bonds is 6. The van der Waals surface area contributed by atoms with E-state index in [9.17, 15) is 14.7 Å². The predicted octanol–water partition coefficient (Wildman–Crippen LogP) is 2.11. The molecule has 0 atom stereocenters. The Hall–Kier alpha value is -2.04. The molecule has 1 amide bonds. The molecule has 0 unspecified atom stereocenters. The van der Waals surface area contributed by atoms with E-state index in [1.807, 2.05) is 13.8 Å². The van der Waals surface area contributed by atoms with Crippen LogP contribution in [0.3, 0.4) is 0 Å². The summed E-state index contributed by atoms with van der Waals surface area (Å²) in [6.45, 7) is 4.28. The van der Waals surface area contributed by atoms with Crippen LogP contribution in [-0.4, -0.2) is 28.6 Å². The van der Waals surface area contributed by atoms with Gasteiger partial charge in [-0.2, -0.15) is 0 Å². The van der Waals surface area contributed by atoms with Crippen molar-refractivity contribution in [3.05, 3.63) is 29.3 Å². The first-order chi connectivity index (χ1) is 8.91. The fourth-order valence-electron chi connectivity index (χ4n) is 1.64. The van der Waals surface area contributed by atoms with Crippen LogP contribution in [0.15, 0.2) is 18.2 Å². The fourth-order valence-corrected chi connectivity index (χ4v) is 1.64. The Morgan fingerprint density at radius 1 is 1.32 bits per heavy atom. The minimum atomic E-state index is -0.890. The highest BCUT2D eigenvalue weighted by atomic mass is 16.4. The van der Waals surface area contributed by atoms with Crippen LogP contribution in [0.25, 0.3) is 0 Å². The molecule has 1 rings (SSSR count). The monoisotopic (exact) mass is 265 g/mol. The summed E-state index contributed by atoms with van der Waals surface area (Å²) in [7, 11) is 0. The smallest absolute Gasteiger partial charge is 0.303 e. The average molecular weight is 265 g/mol. The van der Waals surface area contributed by atoms with Crippen molar-refractivity contribution in [1.29, 1.82) is 0 Å². The van der Waals surface area contributed by atoms with Gasteiger partial charge >= 0.3 is 5.97 Å². The molecule has 0 saturated carbocycles. The Morgan fingerprint density at radius 3 is 2.53 bits per heavy atom. The van der Waals surface area contributed by atoms with Crippen LogP contribution in [0.4, 0.5) is 0 Å². The van der Waals surface area contributed by atoms with Crippen LogP contribution >= 0.6 is 0 Å². The zero-order chi connectivity index (χ0) is 14.4. The summed E-state index contributed by atoms with van der Waals surface area (Å²) in [4.78, 5) is 22.1. The van der Waals surface area contributed by atoms with Crippen molar-refractivity contribution in [2.24, 2.45) is 0 Å². The second-order valence-electron chi connectivity index (χ2n) is 4.68. The molecule has 19 heavy (non-hydrogen) atoms. The number of nitrogens with one attached hydrogen (secondary N) is 1. The standard InChI is InChI=1S/C14H19NO4/c1-9(2)10-5-6-11(12(16)8-10)14(19)15-7-3-4-13(17)18/h5-6,8-9,16H,3-4,7H2,1-2H3,(H,15,19)(H,17,18). The molecule has 1 aromatic rings. The summed E-state index contributed by atoms with van der Waals surface area (Å²) in [5, 5.41) is 20.9. The van der Waals surface area contributed by atoms with Gasteiger partial charge in [0, 0.05) is 13.0 Å². The molecule has 5 nitrogen and oxygen atoms in total. The van der Waals surface area contributed by atoms with E-state index < -0.39 is 11.9 Å². The third-order valence-corrected chi connectivity index (χ3v) is 2.79. The molecule has 0 aliphatic carbocycles. The quantitative estimate of drug-likeness (QED) is 0.687. The molecule has 104 valence electrons. The van der Waals surface area contributed by atoms with Gasteiger partial charge in [-0.1, -0.05) is 19.9 Å². The molecule has 0 bridgehead atoms. The zero-order valence-corrected chi connectivity index (χ0v) is 11.1. The van der Waals surface area contributed by atoms with Crippen molar-refractivity contribution in [3.8, 4) is 5.75 Å². The molecule has 0 aliphatic rings. The van der Waals surface area contributed by atoms with E-state index in [4.69, 9.17) is 5.11 Å². The Balaban J connectivity index is 2.60. The highest BCUT2D eigenvalue weighted by Gasteiger charge is 2.12. The van der Waals surface area contributed by atoms with Gasteiger partial charge in [-0.3, -0.25) is 9.59 Å². The molecule has 0 spiro atoms. The van der Waals surface area contributed by atoms with Crippen molar-refractivity contribution in [1.82, 2.24) is 5.32 Å². The van der Waals surface area contributed by atoms with Crippen molar-refractivity contribution in [2.75, 3.05) is 6.54 Å². The van der Waals surface area contributed by atoms with Crippen molar-refractivity contribution < 1.29 is 19.8 Å². The first kappa shape index (κ1) is 15.0. The minimum Gasteiger partial charge on any atom is -0.507 e. The van der Waals surface area contributed by atoms with E-state index in [0.717, 1.165) is 5.56 Å². The predicted molar refractivity (Wildman–Crippen MR) is 71.4 cm³/mol. The van der Waals surface area contributed by atoms with Crippen LogP contribution < -0.4 is 5.32 Å². The lowest BCUT2D eigenvalue weighted by Gasteiger charge is -2.10. The fraction of sp³-hybridized carbons (Fsp3) is 0.429. The number of benzene rings is 1. The molecule has 0 heterocycles. The zero-order valence-electron chi connectivity index (χ0n) is 11.1. The van der Waals surface area contributed by atoms with Gasteiger partial charge in [0.05, 0.1) is 5.56 Å². The van der Waals surface area contributed by atoms with Crippen LogP contribution in [0.1, 0.15) is 48.5 Å². The number of carboxylic acids is 1. The second-order valence-corrected chi connectivity index (χ2v) is 4.68. The number of carboxylic acid groups (broad SMARTS) is 1. The van der Waals surface area contributed by atoms with Gasteiger partial charge in [-0.05, 0) is 30.0 Å². The van der Waals surface area contributed by atoms with Crippen LogP contribution in [0.5, 0.6) is 5.75 Å². The van der Waals surface area contributed by atoms with E-state index in [2.05, 4.69) is 5.32 Å². The lowest BCUT2D eigenvalue weighted by Crippen LogP contribution is -2.25. The van der Waals surface area contributed by atoms with Gasteiger partial charge in [-0.15, -0.1) is 0 Å². The van der Waals surface area contributed by atoms with Gasteiger partial charge in [0.15, 0.2) is 0 Å². The summed E-state index contributed by atoms with van der Waals surface area (Å²) in [6, 6.07) is 4.96. The highest BCUT2D eigenvalue weighted by molar-refractivity contribution is 5.96. The summed E-state index contributed by atoms with van der Waals surface area (Å²) in [5.74, 6) is -1.06. The number of aliphatic carboxylic acids is 1. The Kier molecular flexibility index (Phi) is 5.36. The number of hydrogen-bond donors (Lipinski definition) is 3. The Morgan fingerprint density at radius 2 is 2.00 bits per heavy atom. The number of hydrogen-bond acceptors (Lipinski definition) is 3. The first-order valence-electron chi connectivity index (χ1n) is 6.24. The Labute approximate surface area is 112 Å². The van der Waals surface area contributed by atoms with E-state index >= 15 is 0 Å². The van der Waals surface area contributed by atoms with Crippen LogP contribution in [-0.2, 0) is 4.79 Å². The number of carbonyl (C=O) groups is 2. The maximum absolute atomic E-state index is 11.8. The number of aromatic hydroxyl groups is 1. The summed E-state index contributed by atoms with van der Waals surface area (Å²) < 4.78 is 0. The van der Waals surface area contributed by atoms with Gasteiger partial charge in [0.25, 0.3) is 5.91 Å². The lowest BCUT2D eigenvalue weighted by atomic mass is 10.0. The molecule has 0 radical (unpaired) electrons. The maximum atomic E-state index is 11.8. The van der Waals surface area contributed by atoms with Crippen molar-refractivity contribution in [3.63, 3.8) is 0 Å². The van der Waals surface area contributed by atoms with Gasteiger partial charge in [0.2, 0.25) is 0 Å². The molecule has 3 N–H and O–H groups in total. The maximum Gasteiger partial charge on any atom is 0.303 e. The van der Waals surface area contributed by atoms with E-state index in [1.165, 1.54) is 0 Å². The molecule has 1 aromatic carbocycles. The largest absolute Gasteiger partial charge is 0.507 e. The van der Waals surface area contributed by atoms with Crippen molar-refractivity contribution >= 4 is 11.9 Å². The van der Waals surface area contributed by atoms with Gasteiger partial charge in [-0.25, -0.2) is 0 Å². The number of amides is 1. The van der Waals surface area contributed by atoms with Crippen molar-refractivity contribution in [2.45, 2.75) is 32.6 Å². The summed E-state index contributed by atoms with van der Waals surface area (Å²) >= 11 is 0. The summed E-state index contributed by atoms with van der Waals surface area (Å²) in [5.41, 5.74) is 1.17. The van der Waals surface area contributed by atoms with Crippen LogP contribution in [0, 0.1) is 0 Å². The number of carbonyl (C=O) groups excluding carboxylic acids is 1. The highest BCUT2D eigenvalue weighted by Crippen LogP contribution is 2.23. The third kappa shape index (κ3) is 4.62. The SMILES string of the molecule is CC(C)c1ccc(C(=O)NCCCC(=O)O)c(O)c1. The molecule has 0 aromatic heterocycles. The summed E-state index contributed by atoms with van der Waals surface area (Å²) in [6.07, 6.45) is 0.379. The van der Waals surface area contributed by atoms with Gasteiger partial charge in [0.1, 0.15) is 5.75 Å². The molecule has 0 aliphatic heterocycles. The lowest BCUT2D eigenvalue weighted by molar-refractivity contribution is -0.137. The minimum absolute atomic E-state index is 0.0124. The average Bonchev–Trinajstić information content (AvgIpc) is 2.33. The molecule has 0 fully saturated rings. The second kappa shape index (κ2) is 6.78. The van der Waals surface area contributed by atoms with Crippen LogP contribution in [0.2, 0.25) is 0 Å². The molecular formula is C14H19NO4. The topological polar surface area (TPSA) is 86.6 Å². The first-order valence-corrected chi connectivity index (χ1v) is 6.24. The van der Waals surface area contributed by atoms with E-state index in [1.54, 1.807) is 18.2 Å². The number of phenols is 1. The molecule has 0 saturated heterocycles. The van der Waals surface area contributed by atoms with Gasteiger partial charge < -0.3 is 15.5 Å². The van der Waals surface area contributed by atoms with E-state index in [0.29, 0.717) is 6.42 Å².